The van der Waals surface area contributed by atoms with Gasteiger partial charge in [0.25, 0.3) is 11.8 Å². The number of amides is 2. The molecule has 0 aliphatic carbocycles. The molecule has 0 saturated carbocycles. The molecule has 9 heteroatoms. The largest absolute Gasteiger partial charge is 0.379 e. The maximum Gasteiger partial charge on any atom is 0.262 e. The van der Waals surface area contributed by atoms with Crippen molar-refractivity contribution in [3.05, 3.63) is 105 Å². The molecule has 2 aliphatic rings. The molecule has 5 rings (SSSR count). The molecule has 0 bridgehead atoms. The smallest absolute Gasteiger partial charge is 0.262 e. The number of rotatable bonds is 8. The Hall–Kier alpha value is -3.23. The Morgan fingerprint density at radius 2 is 1.66 bits per heavy atom. The maximum atomic E-state index is 14.0. The van der Waals surface area contributed by atoms with Gasteiger partial charge in [0.05, 0.1) is 35.6 Å². The highest BCUT2D eigenvalue weighted by Crippen LogP contribution is 2.36. The minimum absolute atomic E-state index is 0.140. The van der Waals surface area contributed by atoms with Gasteiger partial charge in [-0.25, -0.2) is 5.01 Å². The summed E-state index contributed by atoms with van der Waals surface area (Å²) in [6, 6.07) is 20.3. The summed E-state index contributed by atoms with van der Waals surface area (Å²) in [4.78, 5) is 31.6. The van der Waals surface area contributed by atoms with Gasteiger partial charge >= 0.3 is 0 Å². The number of ether oxygens (including phenoxy) is 1. The van der Waals surface area contributed by atoms with Crippen molar-refractivity contribution < 1.29 is 14.3 Å². The first-order chi connectivity index (χ1) is 19.8. The SMILES string of the molecule is Cc1ccc(C2=NN(C(=O)CN(CCN3CCOCC3)C(=O)c3ccccc3Cl)[C@H](c3ccccc3Cl)C2)cc1C. The summed E-state index contributed by atoms with van der Waals surface area (Å²) in [6.07, 6.45) is 0.518. The number of benzene rings is 3. The molecule has 2 aliphatic heterocycles. The highest BCUT2D eigenvalue weighted by atomic mass is 35.5. The van der Waals surface area contributed by atoms with Crippen LogP contribution in [0.15, 0.2) is 71.8 Å². The number of carbonyl (C=O) groups excluding carboxylic acids is 2. The molecule has 7 nitrogen and oxygen atoms in total. The fraction of sp³-hybridized carbons (Fsp3) is 0.344. The predicted octanol–water partition coefficient (Wildman–Crippen LogP) is 5.76. The van der Waals surface area contributed by atoms with Gasteiger partial charge in [0.1, 0.15) is 6.54 Å². The molecular weight excluding hydrogens is 559 g/mol. The highest BCUT2D eigenvalue weighted by molar-refractivity contribution is 6.33. The molecule has 0 spiro atoms. The van der Waals surface area contributed by atoms with Crippen molar-refractivity contribution in [2.24, 2.45) is 5.10 Å². The summed E-state index contributed by atoms with van der Waals surface area (Å²) >= 11 is 13.0. The van der Waals surface area contributed by atoms with E-state index in [2.05, 4.69) is 30.9 Å². The minimum atomic E-state index is -0.385. The van der Waals surface area contributed by atoms with Crippen LogP contribution >= 0.6 is 23.2 Å². The number of hydrogen-bond donors (Lipinski definition) is 0. The van der Waals surface area contributed by atoms with Crippen molar-refractivity contribution in [3.63, 3.8) is 0 Å². The molecule has 2 amide bonds. The number of hydrazone groups is 1. The molecule has 214 valence electrons. The van der Waals surface area contributed by atoms with E-state index in [1.807, 2.05) is 30.3 Å². The number of hydrogen-bond acceptors (Lipinski definition) is 5. The number of aryl methyl sites for hydroxylation is 2. The second-order valence-electron chi connectivity index (χ2n) is 10.5. The van der Waals surface area contributed by atoms with Crippen LogP contribution in [-0.2, 0) is 9.53 Å². The van der Waals surface area contributed by atoms with Crippen LogP contribution in [0.1, 0.15) is 45.1 Å². The maximum absolute atomic E-state index is 14.0. The van der Waals surface area contributed by atoms with E-state index in [9.17, 15) is 9.59 Å². The summed E-state index contributed by atoms with van der Waals surface area (Å²) in [7, 11) is 0. The molecule has 0 radical (unpaired) electrons. The van der Waals surface area contributed by atoms with E-state index in [1.165, 1.54) is 10.6 Å². The van der Waals surface area contributed by atoms with Gasteiger partial charge in [0.2, 0.25) is 0 Å². The van der Waals surface area contributed by atoms with Crippen LogP contribution in [0.25, 0.3) is 0 Å². The Bertz CT molecular complexity index is 1450. The zero-order valence-electron chi connectivity index (χ0n) is 23.4. The van der Waals surface area contributed by atoms with Crippen molar-refractivity contribution in [1.29, 1.82) is 0 Å². The fourth-order valence-corrected chi connectivity index (χ4v) is 5.68. The van der Waals surface area contributed by atoms with E-state index >= 15 is 0 Å². The summed E-state index contributed by atoms with van der Waals surface area (Å²) in [6.45, 7) is 7.86. The standard InChI is InChI=1S/C32H34Cl2N4O3/c1-22-11-12-24(19-23(22)2)29-20-30(25-7-3-5-9-27(25)33)38(35-29)31(39)21-37(14-13-36-15-17-41-18-16-36)32(40)26-8-4-6-10-28(26)34/h3-12,19,30H,13-18,20-21H2,1-2H3/t30-/m0/s1. The molecular formula is C32H34Cl2N4O3. The second kappa shape index (κ2) is 13.2. The van der Waals surface area contributed by atoms with Crippen LogP contribution in [0.5, 0.6) is 0 Å². The quantitative estimate of drug-likeness (QED) is 0.333. The lowest BCUT2D eigenvalue weighted by Gasteiger charge is -2.31. The average molecular weight is 594 g/mol. The van der Waals surface area contributed by atoms with Gasteiger partial charge in [-0.2, -0.15) is 5.10 Å². The Kier molecular flexibility index (Phi) is 9.40. The highest BCUT2D eigenvalue weighted by Gasteiger charge is 2.36. The zero-order valence-corrected chi connectivity index (χ0v) is 24.9. The Labute approximate surface area is 251 Å². The van der Waals surface area contributed by atoms with Gasteiger partial charge in [-0.05, 0) is 60.4 Å². The Balaban J connectivity index is 1.44. The number of nitrogens with zero attached hydrogens (tertiary/aromatic N) is 4. The Morgan fingerprint density at radius 3 is 2.37 bits per heavy atom. The lowest BCUT2D eigenvalue weighted by molar-refractivity contribution is -0.133. The van der Waals surface area contributed by atoms with E-state index in [0.29, 0.717) is 48.3 Å². The molecule has 0 unspecified atom stereocenters. The van der Waals surface area contributed by atoms with E-state index < -0.39 is 0 Å². The number of morpholine rings is 1. The summed E-state index contributed by atoms with van der Waals surface area (Å²) < 4.78 is 5.47. The van der Waals surface area contributed by atoms with Gasteiger partial charge in [-0.15, -0.1) is 0 Å². The van der Waals surface area contributed by atoms with E-state index in [-0.39, 0.29) is 24.4 Å². The van der Waals surface area contributed by atoms with Crippen molar-refractivity contribution in [2.75, 3.05) is 45.9 Å². The lowest BCUT2D eigenvalue weighted by Crippen LogP contribution is -2.46. The Morgan fingerprint density at radius 1 is 0.951 bits per heavy atom. The van der Waals surface area contributed by atoms with Gasteiger partial charge in [-0.1, -0.05) is 65.7 Å². The second-order valence-corrected chi connectivity index (χ2v) is 11.3. The third-order valence-corrected chi connectivity index (χ3v) is 8.45. The van der Waals surface area contributed by atoms with Gasteiger partial charge in [0, 0.05) is 37.6 Å². The normalized spacial score (nSPS) is 17.4. The van der Waals surface area contributed by atoms with Crippen LogP contribution in [0.4, 0.5) is 0 Å². The summed E-state index contributed by atoms with van der Waals surface area (Å²) in [5.74, 6) is -0.569. The van der Waals surface area contributed by atoms with Crippen molar-refractivity contribution in [1.82, 2.24) is 14.8 Å². The van der Waals surface area contributed by atoms with Crippen molar-refractivity contribution in [2.45, 2.75) is 26.3 Å². The van der Waals surface area contributed by atoms with Gasteiger partial charge in [0.15, 0.2) is 0 Å². The average Bonchev–Trinajstić information content (AvgIpc) is 3.43. The van der Waals surface area contributed by atoms with Gasteiger partial charge < -0.3 is 9.64 Å². The van der Waals surface area contributed by atoms with E-state index in [0.717, 1.165) is 35.5 Å². The third-order valence-electron chi connectivity index (χ3n) is 7.78. The van der Waals surface area contributed by atoms with Crippen LogP contribution < -0.4 is 0 Å². The first-order valence-electron chi connectivity index (χ1n) is 13.9. The summed E-state index contributed by atoms with van der Waals surface area (Å²) in [5, 5.41) is 7.26. The third kappa shape index (κ3) is 6.81. The molecule has 0 aromatic heterocycles. The number of halogens is 2. The van der Waals surface area contributed by atoms with Gasteiger partial charge in [-0.3, -0.25) is 14.5 Å². The van der Waals surface area contributed by atoms with E-state index in [4.69, 9.17) is 33.0 Å². The molecule has 3 aromatic carbocycles. The first kappa shape index (κ1) is 29.3. The molecule has 1 atom stereocenters. The number of carbonyl (C=O) groups is 2. The summed E-state index contributed by atoms with van der Waals surface area (Å²) in [5.41, 5.74) is 5.32. The van der Waals surface area contributed by atoms with E-state index in [1.54, 1.807) is 29.2 Å². The zero-order chi connectivity index (χ0) is 28.9. The van der Waals surface area contributed by atoms with Crippen molar-refractivity contribution >= 4 is 40.7 Å². The fourth-order valence-electron chi connectivity index (χ4n) is 5.20. The molecule has 41 heavy (non-hydrogen) atoms. The monoisotopic (exact) mass is 592 g/mol. The van der Waals surface area contributed by atoms with Crippen LogP contribution in [0.3, 0.4) is 0 Å². The predicted molar refractivity (Wildman–Crippen MR) is 163 cm³/mol. The van der Waals surface area contributed by atoms with Crippen LogP contribution in [0.2, 0.25) is 10.0 Å². The lowest BCUT2D eigenvalue weighted by atomic mass is 9.96. The minimum Gasteiger partial charge on any atom is -0.379 e. The van der Waals surface area contributed by atoms with Crippen LogP contribution in [-0.4, -0.2) is 78.3 Å². The molecule has 1 saturated heterocycles. The van der Waals surface area contributed by atoms with Crippen LogP contribution in [0, 0.1) is 13.8 Å². The topological polar surface area (TPSA) is 65.5 Å². The molecule has 3 aromatic rings. The molecule has 2 heterocycles. The molecule has 0 N–H and O–H groups in total. The van der Waals surface area contributed by atoms with Crippen molar-refractivity contribution in [3.8, 4) is 0 Å². The molecule has 1 fully saturated rings. The first-order valence-corrected chi connectivity index (χ1v) is 14.6.